The van der Waals surface area contributed by atoms with E-state index >= 15 is 0 Å². The second-order valence-corrected chi connectivity index (χ2v) is 5.61. The predicted molar refractivity (Wildman–Crippen MR) is 83.4 cm³/mol. The Bertz CT molecular complexity index is 788. The summed E-state index contributed by atoms with van der Waals surface area (Å²) in [4.78, 5) is 37.0. The van der Waals surface area contributed by atoms with Crippen LogP contribution in [0.2, 0.25) is 0 Å². The monoisotopic (exact) mass is 304 g/mol. The van der Waals surface area contributed by atoms with Gasteiger partial charge in [0.2, 0.25) is 0 Å². The van der Waals surface area contributed by atoms with Gasteiger partial charge in [-0.2, -0.15) is 0 Å². The van der Waals surface area contributed by atoms with E-state index in [0.29, 0.717) is 16.7 Å². The first kappa shape index (κ1) is 15.3. The van der Waals surface area contributed by atoms with Crippen molar-refractivity contribution in [2.45, 2.75) is 25.3 Å². The third-order valence-electron chi connectivity index (χ3n) is 3.42. The molecule has 0 aliphatic rings. The molecule has 1 aromatic heterocycles. The summed E-state index contributed by atoms with van der Waals surface area (Å²) in [7, 11) is 0. The number of benzene rings is 1. The molecule has 1 N–H and O–H groups in total. The van der Waals surface area contributed by atoms with Gasteiger partial charge in [0.25, 0.3) is 11.1 Å². The first-order valence-electron chi connectivity index (χ1n) is 6.41. The molecule has 5 nitrogen and oxygen atoms in total. The number of carbonyl (C=O) groups is 1. The lowest BCUT2D eigenvalue weighted by atomic mass is 10.1. The van der Waals surface area contributed by atoms with Crippen LogP contribution >= 0.6 is 11.8 Å². The third-order valence-corrected chi connectivity index (χ3v) is 4.16. The SMILES string of the molecule is CSc1ccc(C(=O)Cn2[nH]c(=O)c(C)c(C)c2=O)cc1. The van der Waals surface area contributed by atoms with Crippen LogP contribution in [0.5, 0.6) is 0 Å². The number of carbonyl (C=O) groups excluding carboxylic acids is 1. The molecule has 2 aromatic rings. The van der Waals surface area contributed by atoms with Gasteiger partial charge in [0, 0.05) is 21.6 Å². The highest BCUT2D eigenvalue weighted by Crippen LogP contribution is 2.15. The van der Waals surface area contributed by atoms with Gasteiger partial charge in [0.1, 0.15) is 6.54 Å². The zero-order valence-electron chi connectivity index (χ0n) is 12.1. The van der Waals surface area contributed by atoms with Crippen molar-refractivity contribution in [1.82, 2.24) is 9.78 Å². The van der Waals surface area contributed by atoms with Gasteiger partial charge >= 0.3 is 0 Å². The van der Waals surface area contributed by atoms with Gasteiger partial charge in [-0.05, 0) is 32.2 Å². The van der Waals surface area contributed by atoms with E-state index in [1.165, 1.54) is 0 Å². The van der Waals surface area contributed by atoms with Crippen molar-refractivity contribution in [1.29, 1.82) is 0 Å². The molecule has 0 aliphatic heterocycles. The number of Topliss-reactive ketones (excluding diaryl/α,β-unsaturated/α-hetero) is 1. The van der Waals surface area contributed by atoms with Crippen LogP contribution in [0.3, 0.4) is 0 Å². The maximum Gasteiger partial charge on any atom is 0.268 e. The van der Waals surface area contributed by atoms with Crippen molar-refractivity contribution in [3.05, 3.63) is 61.7 Å². The third kappa shape index (κ3) is 3.16. The fourth-order valence-electron chi connectivity index (χ4n) is 1.91. The van der Waals surface area contributed by atoms with Crippen LogP contribution in [0.4, 0.5) is 0 Å². The van der Waals surface area contributed by atoms with Crippen molar-refractivity contribution in [2.24, 2.45) is 0 Å². The summed E-state index contributed by atoms with van der Waals surface area (Å²) in [5.74, 6) is -0.219. The molecule has 1 heterocycles. The molecule has 0 atom stereocenters. The number of nitrogens with zero attached hydrogens (tertiary/aromatic N) is 1. The fourth-order valence-corrected chi connectivity index (χ4v) is 2.32. The topological polar surface area (TPSA) is 71.9 Å². The molecule has 0 amide bonds. The van der Waals surface area contributed by atoms with E-state index in [-0.39, 0.29) is 23.4 Å². The Kier molecular flexibility index (Phi) is 4.47. The molecule has 0 spiro atoms. The Morgan fingerprint density at radius 3 is 2.33 bits per heavy atom. The number of thioether (sulfide) groups is 1. The first-order chi connectivity index (χ1) is 9.93. The Morgan fingerprint density at radius 1 is 1.14 bits per heavy atom. The second-order valence-electron chi connectivity index (χ2n) is 4.73. The van der Waals surface area contributed by atoms with Crippen LogP contribution in [0.1, 0.15) is 21.5 Å². The van der Waals surface area contributed by atoms with E-state index in [2.05, 4.69) is 5.10 Å². The fraction of sp³-hybridized carbons (Fsp3) is 0.267. The molecule has 21 heavy (non-hydrogen) atoms. The molecule has 0 fully saturated rings. The minimum Gasteiger partial charge on any atom is -0.292 e. The normalized spacial score (nSPS) is 10.6. The molecule has 2 rings (SSSR count). The molecule has 0 aliphatic carbocycles. The molecule has 0 bridgehead atoms. The average Bonchev–Trinajstić information content (AvgIpc) is 2.50. The highest BCUT2D eigenvalue weighted by atomic mass is 32.2. The van der Waals surface area contributed by atoms with Crippen molar-refractivity contribution in [2.75, 3.05) is 6.26 Å². The summed E-state index contributed by atoms with van der Waals surface area (Å²) in [6, 6.07) is 7.14. The number of H-pyrrole nitrogens is 1. The minimum atomic E-state index is -0.349. The van der Waals surface area contributed by atoms with E-state index in [1.807, 2.05) is 18.4 Å². The summed E-state index contributed by atoms with van der Waals surface area (Å²) >= 11 is 1.59. The van der Waals surface area contributed by atoms with E-state index in [0.717, 1.165) is 9.58 Å². The van der Waals surface area contributed by atoms with Gasteiger partial charge in [-0.15, -0.1) is 11.8 Å². The van der Waals surface area contributed by atoms with Crippen molar-refractivity contribution in [3.8, 4) is 0 Å². The molecule has 110 valence electrons. The van der Waals surface area contributed by atoms with Crippen LogP contribution in [-0.2, 0) is 6.54 Å². The van der Waals surface area contributed by atoms with Gasteiger partial charge in [0.15, 0.2) is 5.78 Å². The number of aromatic amines is 1. The number of aromatic nitrogens is 2. The lowest BCUT2D eigenvalue weighted by Crippen LogP contribution is -2.35. The number of nitrogens with one attached hydrogen (secondary N) is 1. The van der Waals surface area contributed by atoms with Crippen LogP contribution < -0.4 is 11.1 Å². The Balaban J connectivity index is 2.31. The van der Waals surface area contributed by atoms with Crippen LogP contribution in [0.15, 0.2) is 38.8 Å². The summed E-state index contributed by atoms with van der Waals surface area (Å²) in [6.07, 6.45) is 1.95. The van der Waals surface area contributed by atoms with Crippen LogP contribution in [0.25, 0.3) is 0 Å². The Hall–Kier alpha value is -2.08. The average molecular weight is 304 g/mol. The van der Waals surface area contributed by atoms with Gasteiger partial charge in [-0.3, -0.25) is 19.5 Å². The zero-order chi connectivity index (χ0) is 15.6. The number of ketones is 1. The summed E-state index contributed by atoms with van der Waals surface area (Å²) in [5, 5.41) is 2.43. The number of rotatable bonds is 4. The molecule has 0 radical (unpaired) electrons. The quantitative estimate of drug-likeness (QED) is 0.690. The minimum absolute atomic E-state index is 0.173. The lowest BCUT2D eigenvalue weighted by molar-refractivity contribution is 0.0965. The van der Waals surface area contributed by atoms with E-state index in [4.69, 9.17) is 0 Å². The van der Waals surface area contributed by atoms with Crippen molar-refractivity contribution in [3.63, 3.8) is 0 Å². The first-order valence-corrected chi connectivity index (χ1v) is 7.64. The van der Waals surface area contributed by atoms with Crippen LogP contribution in [-0.4, -0.2) is 21.8 Å². The standard InChI is InChI=1S/C15H16N2O3S/c1-9-10(2)15(20)17(16-14(9)19)8-13(18)11-4-6-12(21-3)7-5-11/h4-7H,8H2,1-3H3,(H,16,19). The molecule has 0 saturated heterocycles. The van der Waals surface area contributed by atoms with Gasteiger partial charge < -0.3 is 0 Å². The maximum absolute atomic E-state index is 12.2. The summed E-state index contributed by atoms with van der Waals surface area (Å²) < 4.78 is 1.06. The van der Waals surface area contributed by atoms with Gasteiger partial charge in [-0.25, -0.2) is 4.68 Å². The molecule has 1 aromatic carbocycles. The van der Waals surface area contributed by atoms with E-state index < -0.39 is 0 Å². The zero-order valence-corrected chi connectivity index (χ0v) is 12.9. The Morgan fingerprint density at radius 2 is 1.76 bits per heavy atom. The summed E-state index contributed by atoms with van der Waals surface area (Å²) in [6.45, 7) is 3.00. The van der Waals surface area contributed by atoms with Crippen LogP contribution in [0, 0.1) is 13.8 Å². The largest absolute Gasteiger partial charge is 0.292 e. The molecular weight excluding hydrogens is 288 g/mol. The molecule has 6 heteroatoms. The number of hydrogen-bond donors (Lipinski definition) is 1. The Labute approximate surface area is 126 Å². The highest BCUT2D eigenvalue weighted by Gasteiger charge is 2.12. The van der Waals surface area contributed by atoms with Crippen molar-refractivity contribution >= 4 is 17.5 Å². The van der Waals surface area contributed by atoms with Gasteiger partial charge in [0.05, 0.1) is 0 Å². The highest BCUT2D eigenvalue weighted by molar-refractivity contribution is 7.98. The predicted octanol–water partition coefficient (Wildman–Crippen LogP) is 1.76. The van der Waals surface area contributed by atoms with E-state index in [1.54, 1.807) is 37.7 Å². The lowest BCUT2D eigenvalue weighted by Gasteiger charge is -2.08. The summed E-state index contributed by atoms with van der Waals surface area (Å²) in [5.41, 5.74) is 0.565. The van der Waals surface area contributed by atoms with E-state index in [9.17, 15) is 14.4 Å². The van der Waals surface area contributed by atoms with Crippen molar-refractivity contribution < 1.29 is 4.79 Å². The molecule has 0 saturated carbocycles. The number of hydrogen-bond acceptors (Lipinski definition) is 4. The smallest absolute Gasteiger partial charge is 0.268 e. The second kappa shape index (κ2) is 6.13. The molecular formula is C15H16N2O3S. The molecule has 0 unspecified atom stereocenters. The van der Waals surface area contributed by atoms with Gasteiger partial charge in [-0.1, -0.05) is 12.1 Å². The maximum atomic E-state index is 12.2.